The molecular weight excluding hydrogens is 300 g/mol. The molecule has 1 rings (SSSR count). The number of rotatable bonds is 8. The Labute approximate surface area is 133 Å². The standard InChI is InChI=1S/C15H22N4O4/c1-4-7-8-11(20)18-17-10(6-3)12-13(21)16-15(23)19(9-5-2)14(12)22/h5,22H,2,4,6-9H2,1,3H3,(H,18,20)(H,16,21,23). The van der Waals surface area contributed by atoms with Crippen LogP contribution in [0.1, 0.15) is 45.1 Å². The Morgan fingerprint density at radius 3 is 2.70 bits per heavy atom. The van der Waals surface area contributed by atoms with Crippen molar-refractivity contribution >= 4 is 11.6 Å². The van der Waals surface area contributed by atoms with Gasteiger partial charge in [-0.25, -0.2) is 10.2 Å². The zero-order valence-corrected chi connectivity index (χ0v) is 13.4. The molecule has 1 amide bonds. The zero-order valence-electron chi connectivity index (χ0n) is 13.4. The van der Waals surface area contributed by atoms with Gasteiger partial charge in [0, 0.05) is 13.0 Å². The third-order valence-corrected chi connectivity index (χ3v) is 3.18. The SMILES string of the molecule is C=CCn1c(O)c(C(CC)=NNC(=O)CCCC)c(=O)[nH]c1=O. The molecule has 0 saturated heterocycles. The summed E-state index contributed by atoms with van der Waals surface area (Å²) in [5.74, 6) is -0.768. The fourth-order valence-electron chi connectivity index (χ4n) is 1.95. The van der Waals surface area contributed by atoms with Crippen molar-refractivity contribution in [2.24, 2.45) is 5.10 Å². The number of H-pyrrole nitrogens is 1. The summed E-state index contributed by atoms with van der Waals surface area (Å²) in [4.78, 5) is 37.4. The second kappa shape index (κ2) is 8.72. The third-order valence-electron chi connectivity index (χ3n) is 3.18. The average Bonchev–Trinajstić information content (AvgIpc) is 2.52. The molecular formula is C15H22N4O4. The van der Waals surface area contributed by atoms with E-state index in [1.165, 1.54) is 6.08 Å². The van der Waals surface area contributed by atoms with Gasteiger partial charge in [-0.1, -0.05) is 26.3 Å². The van der Waals surface area contributed by atoms with Crippen molar-refractivity contribution in [3.8, 4) is 5.88 Å². The van der Waals surface area contributed by atoms with Gasteiger partial charge in [-0.15, -0.1) is 6.58 Å². The first-order valence-electron chi connectivity index (χ1n) is 7.48. The van der Waals surface area contributed by atoms with Gasteiger partial charge in [0.05, 0.1) is 5.71 Å². The highest BCUT2D eigenvalue weighted by Crippen LogP contribution is 2.13. The number of aromatic amines is 1. The van der Waals surface area contributed by atoms with Gasteiger partial charge in [-0.05, 0) is 12.8 Å². The van der Waals surface area contributed by atoms with Gasteiger partial charge in [0.1, 0.15) is 5.56 Å². The fourth-order valence-corrected chi connectivity index (χ4v) is 1.95. The monoisotopic (exact) mass is 322 g/mol. The number of carbonyl (C=O) groups excluding carboxylic acids is 1. The molecule has 1 aromatic rings. The normalized spacial score (nSPS) is 11.3. The largest absolute Gasteiger partial charge is 0.494 e. The van der Waals surface area contributed by atoms with Gasteiger partial charge >= 0.3 is 5.69 Å². The van der Waals surface area contributed by atoms with Gasteiger partial charge < -0.3 is 5.11 Å². The quantitative estimate of drug-likeness (QED) is 0.373. The van der Waals surface area contributed by atoms with Crippen molar-refractivity contribution in [1.82, 2.24) is 15.0 Å². The minimum Gasteiger partial charge on any atom is -0.494 e. The van der Waals surface area contributed by atoms with E-state index in [0.717, 1.165) is 17.4 Å². The van der Waals surface area contributed by atoms with E-state index in [9.17, 15) is 19.5 Å². The number of unbranched alkanes of at least 4 members (excludes halogenated alkanes) is 1. The van der Waals surface area contributed by atoms with Crippen LogP contribution < -0.4 is 16.7 Å². The van der Waals surface area contributed by atoms with Crippen LogP contribution in [0.3, 0.4) is 0 Å². The number of allylic oxidation sites excluding steroid dienone is 1. The van der Waals surface area contributed by atoms with Gasteiger partial charge in [-0.2, -0.15) is 5.10 Å². The summed E-state index contributed by atoms with van der Waals surface area (Å²) in [7, 11) is 0. The lowest BCUT2D eigenvalue weighted by Crippen LogP contribution is -2.34. The van der Waals surface area contributed by atoms with Crippen molar-refractivity contribution in [2.45, 2.75) is 46.1 Å². The maximum absolute atomic E-state index is 12.0. The highest BCUT2D eigenvalue weighted by Gasteiger charge is 2.18. The number of carbonyl (C=O) groups is 1. The number of aromatic nitrogens is 2. The Bertz CT molecular complexity index is 715. The van der Waals surface area contributed by atoms with E-state index in [1.54, 1.807) is 6.92 Å². The molecule has 0 saturated carbocycles. The van der Waals surface area contributed by atoms with Crippen LogP contribution in [0.25, 0.3) is 0 Å². The van der Waals surface area contributed by atoms with E-state index in [1.807, 2.05) is 6.92 Å². The lowest BCUT2D eigenvalue weighted by molar-refractivity contribution is -0.121. The Balaban J connectivity index is 3.22. The molecule has 0 unspecified atom stereocenters. The van der Waals surface area contributed by atoms with Crippen LogP contribution in [-0.2, 0) is 11.3 Å². The molecule has 3 N–H and O–H groups in total. The van der Waals surface area contributed by atoms with E-state index in [0.29, 0.717) is 6.42 Å². The average molecular weight is 322 g/mol. The molecule has 0 radical (unpaired) electrons. The Morgan fingerprint density at radius 2 is 2.13 bits per heavy atom. The minimum atomic E-state index is -0.754. The van der Waals surface area contributed by atoms with Crippen LogP contribution in [0.4, 0.5) is 0 Å². The first kappa shape index (κ1) is 18.4. The van der Waals surface area contributed by atoms with Gasteiger partial charge in [0.25, 0.3) is 5.56 Å². The lowest BCUT2D eigenvalue weighted by atomic mass is 10.1. The van der Waals surface area contributed by atoms with E-state index >= 15 is 0 Å². The Morgan fingerprint density at radius 1 is 1.43 bits per heavy atom. The Kier molecular flexibility index (Phi) is 6.98. The van der Waals surface area contributed by atoms with Crippen LogP contribution in [-0.4, -0.2) is 26.3 Å². The number of nitrogens with one attached hydrogen (secondary N) is 2. The molecule has 0 bridgehead atoms. The first-order chi connectivity index (χ1) is 11.0. The number of nitrogens with zero attached hydrogens (tertiary/aromatic N) is 2. The molecule has 8 nitrogen and oxygen atoms in total. The highest BCUT2D eigenvalue weighted by atomic mass is 16.3. The first-order valence-corrected chi connectivity index (χ1v) is 7.48. The molecule has 8 heteroatoms. The van der Waals surface area contributed by atoms with Crippen molar-refractivity contribution in [3.05, 3.63) is 39.1 Å². The van der Waals surface area contributed by atoms with Crippen molar-refractivity contribution in [2.75, 3.05) is 0 Å². The Hall–Kier alpha value is -2.64. The third kappa shape index (κ3) is 4.67. The molecule has 0 fully saturated rings. The van der Waals surface area contributed by atoms with Crippen LogP contribution in [0, 0.1) is 0 Å². The van der Waals surface area contributed by atoms with E-state index in [-0.39, 0.29) is 30.1 Å². The maximum atomic E-state index is 12.0. The predicted octanol–water partition coefficient (Wildman–Crippen LogP) is 0.849. The molecule has 0 aromatic carbocycles. The smallest absolute Gasteiger partial charge is 0.331 e. The number of hydrogen-bond acceptors (Lipinski definition) is 5. The van der Waals surface area contributed by atoms with Gasteiger partial charge in [0.2, 0.25) is 11.8 Å². The summed E-state index contributed by atoms with van der Waals surface area (Å²) in [6, 6.07) is 0. The summed E-state index contributed by atoms with van der Waals surface area (Å²) in [6.07, 6.45) is 3.65. The molecule has 1 heterocycles. The van der Waals surface area contributed by atoms with Crippen LogP contribution in [0.15, 0.2) is 27.3 Å². The second-order valence-electron chi connectivity index (χ2n) is 4.91. The molecule has 23 heavy (non-hydrogen) atoms. The van der Waals surface area contributed by atoms with Crippen LogP contribution in [0.2, 0.25) is 0 Å². The summed E-state index contributed by atoms with van der Waals surface area (Å²) in [6.45, 7) is 7.22. The number of hydrazone groups is 1. The number of amides is 1. The minimum absolute atomic E-state index is 0.0360. The molecule has 0 aliphatic rings. The van der Waals surface area contributed by atoms with Crippen molar-refractivity contribution in [3.63, 3.8) is 0 Å². The topological polar surface area (TPSA) is 117 Å². The molecule has 0 atom stereocenters. The zero-order chi connectivity index (χ0) is 17.4. The number of hydrogen-bond donors (Lipinski definition) is 3. The van der Waals surface area contributed by atoms with Crippen molar-refractivity contribution in [1.29, 1.82) is 0 Å². The molecule has 0 aliphatic heterocycles. The van der Waals surface area contributed by atoms with E-state index < -0.39 is 17.1 Å². The van der Waals surface area contributed by atoms with Crippen LogP contribution >= 0.6 is 0 Å². The van der Waals surface area contributed by atoms with E-state index in [2.05, 4.69) is 22.1 Å². The van der Waals surface area contributed by atoms with Gasteiger partial charge in [-0.3, -0.25) is 19.1 Å². The molecule has 0 spiro atoms. The second-order valence-corrected chi connectivity index (χ2v) is 4.91. The summed E-state index contributed by atoms with van der Waals surface area (Å²) < 4.78 is 0.966. The summed E-state index contributed by atoms with van der Waals surface area (Å²) in [5, 5.41) is 14.1. The molecule has 0 aliphatic carbocycles. The predicted molar refractivity (Wildman–Crippen MR) is 87.7 cm³/mol. The number of aromatic hydroxyl groups is 1. The van der Waals surface area contributed by atoms with E-state index in [4.69, 9.17) is 0 Å². The van der Waals surface area contributed by atoms with Gasteiger partial charge in [0.15, 0.2) is 0 Å². The fraction of sp³-hybridized carbons (Fsp3) is 0.467. The maximum Gasteiger partial charge on any atom is 0.331 e. The molecule has 1 aromatic heterocycles. The molecule has 126 valence electrons. The van der Waals surface area contributed by atoms with Crippen molar-refractivity contribution < 1.29 is 9.90 Å². The summed E-state index contributed by atoms with van der Waals surface area (Å²) in [5.41, 5.74) is 0.926. The van der Waals surface area contributed by atoms with Crippen LogP contribution in [0.5, 0.6) is 5.88 Å². The summed E-state index contributed by atoms with van der Waals surface area (Å²) >= 11 is 0. The highest BCUT2D eigenvalue weighted by molar-refractivity contribution is 6.02. The lowest BCUT2D eigenvalue weighted by Gasteiger charge is -2.10.